The zero-order valence-electron chi connectivity index (χ0n) is 24.8. The number of aromatic nitrogens is 7. The van der Waals surface area contributed by atoms with Crippen molar-refractivity contribution in [1.29, 1.82) is 0 Å². The van der Waals surface area contributed by atoms with Gasteiger partial charge in [0.15, 0.2) is 5.65 Å². The number of tetrazole rings is 1. The summed E-state index contributed by atoms with van der Waals surface area (Å²) in [6.07, 6.45) is -5.35. The van der Waals surface area contributed by atoms with Crippen molar-refractivity contribution in [2.45, 2.75) is 71.0 Å². The van der Waals surface area contributed by atoms with Crippen LogP contribution in [0.2, 0.25) is 0 Å². The van der Waals surface area contributed by atoms with E-state index in [1.807, 2.05) is 20.0 Å². The lowest BCUT2D eigenvalue weighted by Gasteiger charge is -2.34. The van der Waals surface area contributed by atoms with Crippen LogP contribution in [0.25, 0.3) is 11.0 Å². The number of hydrogen-bond acceptors (Lipinski definition) is 7. The number of anilines is 2. The third-order valence-corrected chi connectivity index (χ3v) is 8.40. The maximum atomic E-state index is 13.7. The van der Waals surface area contributed by atoms with Crippen molar-refractivity contribution in [3.8, 4) is 0 Å². The van der Waals surface area contributed by atoms with Crippen LogP contribution < -0.4 is 9.80 Å². The predicted octanol–water partition coefficient (Wildman–Crippen LogP) is 6.06. The maximum Gasteiger partial charge on any atom is 0.416 e. The van der Waals surface area contributed by atoms with E-state index < -0.39 is 23.5 Å². The molecule has 0 saturated heterocycles. The van der Waals surface area contributed by atoms with Gasteiger partial charge >= 0.3 is 12.4 Å². The first-order valence-electron chi connectivity index (χ1n) is 14.6. The lowest BCUT2D eigenvalue weighted by atomic mass is 10.0. The Morgan fingerprint density at radius 1 is 0.886 bits per heavy atom. The van der Waals surface area contributed by atoms with Gasteiger partial charge in [-0.3, -0.25) is 4.68 Å². The van der Waals surface area contributed by atoms with E-state index in [-0.39, 0.29) is 30.7 Å². The molecule has 44 heavy (non-hydrogen) atoms. The number of hydrogen-bond donors (Lipinski definition) is 0. The summed E-state index contributed by atoms with van der Waals surface area (Å²) in [7, 11) is 3.36. The molecule has 1 aromatic carbocycles. The first-order chi connectivity index (χ1) is 20.7. The fraction of sp³-hybridized carbons (Fsp3) is 0.552. The van der Waals surface area contributed by atoms with Crippen molar-refractivity contribution in [1.82, 2.24) is 35.0 Å². The molecule has 6 rings (SSSR count). The van der Waals surface area contributed by atoms with Gasteiger partial charge < -0.3 is 9.80 Å². The van der Waals surface area contributed by atoms with Crippen LogP contribution in [0, 0.1) is 18.8 Å². The van der Waals surface area contributed by atoms with Gasteiger partial charge in [-0.05, 0) is 86.4 Å². The van der Waals surface area contributed by atoms with E-state index in [1.54, 1.807) is 4.68 Å². The van der Waals surface area contributed by atoms with Gasteiger partial charge in [-0.1, -0.05) is 5.10 Å². The van der Waals surface area contributed by atoms with E-state index >= 15 is 0 Å². The Bertz CT molecular complexity index is 1620. The van der Waals surface area contributed by atoms with Crippen molar-refractivity contribution < 1.29 is 26.3 Å². The van der Waals surface area contributed by atoms with Crippen LogP contribution in [0.15, 0.2) is 24.3 Å². The molecule has 0 bridgehead atoms. The molecule has 9 nitrogen and oxygen atoms in total. The molecule has 2 saturated carbocycles. The summed E-state index contributed by atoms with van der Waals surface area (Å²) < 4.78 is 83.9. The maximum absolute atomic E-state index is 13.7. The molecule has 0 aliphatic heterocycles. The zero-order chi connectivity index (χ0) is 31.6. The number of halogens is 6. The summed E-state index contributed by atoms with van der Waals surface area (Å²) in [6, 6.07) is 3.88. The SMILES string of the molecule is CCN(c1nc2c(cc1CN(Cc1cc(C(F)(F)F)cc(C(F)(F)F)c1)c1nnn(C)n1)c(C)nn2C)C(C1CC1)C1CC1. The quantitative estimate of drug-likeness (QED) is 0.199. The van der Waals surface area contributed by atoms with Crippen LogP contribution in [0.3, 0.4) is 0 Å². The molecule has 3 aromatic heterocycles. The molecular weight excluding hydrogens is 588 g/mol. The highest BCUT2D eigenvalue weighted by Gasteiger charge is 2.45. The smallest absolute Gasteiger partial charge is 0.353 e. The fourth-order valence-corrected chi connectivity index (χ4v) is 6.15. The molecule has 0 atom stereocenters. The Labute approximate surface area is 249 Å². The van der Waals surface area contributed by atoms with Gasteiger partial charge in [0.25, 0.3) is 5.95 Å². The van der Waals surface area contributed by atoms with Crippen molar-refractivity contribution >= 4 is 22.8 Å². The molecule has 4 aromatic rings. The summed E-state index contributed by atoms with van der Waals surface area (Å²) in [5.74, 6) is 1.91. The number of nitrogens with zero attached hydrogens (tertiary/aromatic N) is 9. The minimum absolute atomic E-state index is 0.0639. The monoisotopic (exact) mass is 621 g/mol. The van der Waals surface area contributed by atoms with E-state index in [1.165, 1.54) is 16.7 Å². The highest BCUT2D eigenvalue weighted by molar-refractivity contribution is 5.82. The van der Waals surface area contributed by atoms with E-state index in [0.717, 1.165) is 60.3 Å². The molecule has 0 radical (unpaired) electrons. The number of fused-ring (bicyclic) bond motifs is 1. The van der Waals surface area contributed by atoms with Crippen LogP contribution in [0.5, 0.6) is 0 Å². The molecule has 3 heterocycles. The Kier molecular flexibility index (Phi) is 7.47. The second-order valence-electron chi connectivity index (χ2n) is 11.9. The second-order valence-corrected chi connectivity index (χ2v) is 11.9. The number of rotatable bonds is 10. The minimum Gasteiger partial charge on any atom is -0.353 e. The van der Waals surface area contributed by atoms with Crippen molar-refractivity contribution in [3.63, 3.8) is 0 Å². The number of aryl methyl sites for hydroxylation is 3. The summed E-state index contributed by atoms with van der Waals surface area (Å²) in [5, 5.41) is 17.6. The van der Waals surface area contributed by atoms with Gasteiger partial charge in [0.05, 0.1) is 23.9 Å². The first-order valence-corrected chi connectivity index (χ1v) is 14.6. The van der Waals surface area contributed by atoms with Crippen molar-refractivity contribution in [2.75, 3.05) is 16.3 Å². The fourth-order valence-electron chi connectivity index (χ4n) is 6.15. The van der Waals surface area contributed by atoms with Gasteiger partial charge in [-0.2, -0.15) is 36.2 Å². The number of benzene rings is 1. The highest BCUT2D eigenvalue weighted by Crippen LogP contribution is 2.48. The molecule has 2 fully saturated rings. The van der Waals surface area contributed by atoms with E-state index in [2.05, 4.69) is 32.3 Å². The van der Waals surface area contributed by atoms with E-state index in [4.69, 9.17) is 4.98 Å². The highest BCUT2D eigenvalue weighted by atomic mass is 19.4. The molecule has 236 valence electrons. The van der Waals surface area contributed by atoms with Crippen LogP contribution in [0.1, 0.15) is 60.6 Å². The van der Waals surface area contributed by atoms with Gasteiger partial charge in [0.2, 0.25) is 0 Å². The molecule has 2 aliphatic carbocycles. The van der Waals surface area contributed by atoms with E-state index in [9.17, 15) is 26.3 Å². The minimum atomic E-state index is -4.96. The average molecular weight is 622 g/mol. The molecule has 0 N–H and O–H groups in total. The van der Waals surface area contributed by atoms with Crippen molar-refractivity contribution in [2.24, 2.45) is 25.9 Å². The number of pyridine rings is 1. The molecule has 2 aliphatic rings. The van der Waals surface area contributed by atoms with Gasteiger partial charge in [0, 0.05) is 43.7 Å². The van der Waals surface area contributed by atoms with Crippen LogP contribution in [-0.4, -0.2) is 47.6 Å². The molecule has 15 heteroatoms. The Morgan fingerprint density at radius 2 is 1.50 bits per heavy atom. The summed E-state index contributed by atoms with van der Waals surface area (Å²) in [5.41, 5.74) is -0.743. The number of alkyl halides is 6. The van der Waals surface area contributed by atoms with Crippen LogP contribution in [-0.2, 0) is 39.5 Å². The van der Waals surface area contributed by atoms with Crippen molar-refractivity contribution in [3.05, 3.63) is 52.2 Å². The Balaban J connectivity index is 1.46. The second kappa shape index (κ2) is 10.9. The third-order valence-electron chi connectivity index (χ3n) is 8.40. The Hall–Kier alpha value is -3.91. The molecular formula is C29H33F6N9. The lowest BCUT2D eigenvalue weighted by Crippen LogP contribution is -2.40. The topological polar surface area (TPSA) is 80.8 Å². The summed E-state index contributed by atoms with van der Waals surface area (Å²) >= 11 is 0. The summed E-state index contributed by atoms with van der Waals surface area (Å²) in [4.78, 5) is 10.2. The van der Waals surface area contributed by atoms with Crippen LogP contribution in [0.4, 0.5) is 38.1 Å². The molecule has 0 unspecified atom stereocenters. The van der Waals surface area contributed by atoms with Gasteiger partial charge in [-0.15, -0.1) is 5.10 Å². The van der Waals surface area contributed by atoms with E-state index in [0.29, 0.717) is 30.1 Å². The van der Waals surface area contributed by atoms with Gasteiger partial charge in [0.1, 0.15) is 5.82 Å². The molecule has 0 spiro atoms. The predicted molar refractivity (Wildman–Crippen MR) is 151 cm³/mol. The van der Waals surface area contributed by atoms with Crippen LogP contribution >= 0.6 is 0 Å². The summed E-state index contributed by atoms with van der Waals surface area (Å²) in [6.45, 7) is 4.36. The first kappa shape index (κ1) is 30.1. The Morgan fingerprint density at radius 3 is 2.00 bits per heavy atom. The largest absolute Gasteiger partial charge is 0.416 e. The zero-order valence-corrected chi connectivity index (χ0v) is 24.8. The lowest BCUT2D eigenvalue weighted by molar-refractivity contribution is -0.143. The molecule has 0 amide bonds. The normalized spacial score (nSPS) is 15.9. The van der Waals surface area contributed by atoms with Gasteiger partial charge in [-0.25, -0.2) is 4.98 Å². The average Bonchev–Trinajstić information content (AvgIpc) is 3.88. The third kappa shape index (κ3) is 6.05. The standard InChI is InChI=1S/C29H33F6N9/c1-5-44(24(18-6-7-18)19-8-9-19)25-20(12-23-16(2)38-41(3)26(23)36-25)15-43(27-37-40-42(4)39-27)14-17-10-21(28(30,31)32)13-22(11-17)29(33,34)35/h10-13,18-19,24H,5-9,14-15H2,1-4H3.